The van der Waals surface area contributed by atoms with Crippen LogP contribution in [0.3, 0.4) is 0 Å². The first-order valence-corrected chi connectivity index (χ1v) is 7.51. The second-order valence-electron chi connectivity index (χ2n) is 5.65. The number of halogens is 1. The zero-order valence-corrected chi connectivity index (χ0v) is 13.8. The summed E-state index contributed by atoms with van der Waals surface area (Å²) in [6.45, 7) is 1.80. The van der Waals surface area contributed by atoms with Gasteiger partial charge in [0.1, 0.15) is 5.82 Å². The SMILES string of the molecule is C[C@H](NC(=O)Nc1cccc(C(=O)N(C)C)c1)c1ccc(F)cc1. The maximum atomic E-state index is 12.9. The molecule has 2 aromatic rings. The van der Waals surface area contributed by atoms with E-state index in [2.05, 4.69) is 10.6 Å². The van der Waals surface area contributed by atoms with Crippen molar-refractivity contribution in [2.75, 3.05) is 19.4 Å². The first-order chi connectivity index (χ1) is 11.4. The zero-order valence-electron chi connectivity index (χ0n) is 13.8. The van der Waals surface area contributed by atoms with Gasteiger partial charge in [-0.1, -0.05) is 18.2 Å². The molecule has 0 radical (unpaired) electrons. The van der Waals surface area contributed by atoms with Gasteiger partial charge in [0.2, 0.25) is 0 Å². The molecule has 0 aliphatic rings. The lowest BCUT2D eigenvalue weighted by molar-refractivity contribution is 0.0827. The summed E-state index contributed by atoms with van der Waals surface area (Å²) in [4.78, 5) is 25.5. The summed E-state index contributed by atoms with van der Waals surface area (Å²) in [5.74, 6) is -0.462. The third-order valence-corrected chi connectivity index (χ3v) is 3.49. The predicted octanol–water partition coefficient (Wildman–Crippen LogP) is 3.41. The summed E-state index contributed by atoms with van der Waals surface area (Å²) >= 11 is 0. The number of carbonyl (C=O) groups excluding carboxylic acids is 2. The third kappa shape index (κ3) is 4.55. The lowest BCUT2D eigenvalue weighted by atomic mass is 10.1. The van der Waals surface area contributed by atoms with Gasteiger partial charge in [0, 0.05) is 25.3 Å². The number of anilines is 1. The number of hydrogen-bond donors (Lipinski definition) is 2. The van der Waals surface area contributed by atoms with Crippen LogP contribution in [0.2, 0.25) is 0 Å². The quantitative estimate of drug-likeness (QED) is 0.903. The van der Waals surface area contributed by atoms with E-state index in [1.807, 2.05) is 0 Å². The first-order valence-electron chi connectivity index (χ1n) is 7.51. The minimum absolute atomic E-state index is 0.140. The van der Waals surface area contributed by atoms with E-state index in [1.165, 1.54) is 17.0 Å². The number of benzene rings is 2. The van der Waals surface area contributed by atoms with E-state index < -0.39 is 6.03 Å². The summed E-state index contributed by atoms with van der Waals surface area (Å²) in [5, 5.41) is 5.46. The van der Waals surface area contributed by atoms with Gasteiger partial charge in [-0.15, -0.1) is 0 Å². The van der Waals surface area contributed by atoms with E-state index in [-0.39, 0.29) is 17.8 Å². The Morgan fingerprint density at radius 1 is 1.08 bits per heavy atom. The Morgan fingerprint density at radius 3 is 2.38 bits per heavy atom. The van der Waals surface area contributed by atoms with Gasteiger partial charge in [-0.05, 0) is 42.8 Å². The van der Waals surface area contributed by atoms with Gasteiger partial charge < -0.3 is 15.5 Å². The van der Waals surface area contributed by atoms with E-state index in [1.54, 1.807) is 57.4 Å². The van der Waals surface area contributed by atoms with E-state index >= 15 is 0 Å². The number of amides is 3. The van der Waals surface area contributed by atoms with Crippen LogP contribution in [0.4, 0.5) is 14.9 Å². The van der Waals surface area contributed by atoms with Gasteiger partial charge in [0.15, 0.2) is 0 Å². The van der Waals surface area contributed by atoms with E-state index in [9.17, 15) is 14.0 Å². The minimum atomic E-state index is -0.402. The highest BCUT2D eigenvalue weighted by Crippen LogP contribution is 2.15. The number of rotatable bonds is 4. The summed E-state index contributed by atoms with van der Waals surface area (Å²) in [7, 11) is 3.33. The van der Waals surface area contributed by atoms with Crippen molar-refractivity contribution < 1.29 is 14.0 Å². The molecular formula is C18H20FN3O2. The molecule has 0 fully saturated rings. The normalized spacial score (nSPS) is 11.5. The predicted molar refractivity (Wildman–Crippen MR) is 91.4 cm³/mol. The molecule has 0 unspecified atom stereocenters. The van der Waals surface area contributed by atoms with Gasteiger partial charge in [-0.3, -0.25) is 4.79 Å². The number of carbonyl (C=O) groups is 2. The Bertz CT molecular complexity index is 729. The lowest BCUT2D eigenvalue weighted by Gasteiger charge is -2.16. The standard InChI is InChI=1S/C18H20FN3O2/c1-12(13-7-9-15(19)10-8-13)20-18(24)21-16-6-4-5-14(11-16)17(23)22(2)3/h4-12H,1-3H3,(H2,20,21,24)/t12-/m0/s1. The van der Waals surface area contributed by atoms with Crippen molar-refractivity contribution in [3.63, 3.8) is 0 Å². The molecule has 0 bridgehead atoms. The second kappa shape index (κ2) is 7.59. The molecule has 24 heavy (non-hydrogen) atoms. The van der Waals surface area contributed by atoms with E-state index in [0.29, 0.717) is 11.3 Å². The first kappa shape index (κ1) is 17.5. The fourth-order valence-electron chi connectivity index (χ4n) is 2.19. The topological polar surface area (TPSA) is 61.4 Å². The van der Waals surface area contributed by atoms with E-state index in [0.717, 1.165) is 5.56 Å². The molecule has 126 valence electrons. The summed E-state index contributed by atoms with van der Waals surface area (Å²) in [6, 6.07) is 12.0. The molecular weight excluding hydrogens is 309 g/mol. The van der Waals surface area contributed by atoms with Crippen LogP contribution in [0.5, 0.6) is 0 Å². The second-order valence-corrected chi connectivity index (χ2v) is 5.65. The van der Waals surface area contributed by atoms with Crippen molar-refractivity contribution >= 4 is 17.6 Å². The molecule has 2 N–H and O–H groups in total. The number of nitrogens with one attached hydrogen (secondary N) is 2. The van der Waals surface area contributed by atoms with Gasteiger partial charge in [-0.25, -0.2) is 9.18 Å². The smallest absolute Gasteiger partial charge is 0.319 e. The Hall–Kier alpha value is -2.89. The number of nitrogens with zero attached hydrogens (tertiary/aromatic N) is 1. The van der Waals surface area contributed by atoms with Crippen molar-refractivity contribution in [3.8, 4) is 0 Å². The molecule has 0 aliphatic carbocycles. The van der Waals surface area contributed by atoms with E-state index in [4.69, 9.17) is 0 Å². The highest BCUT2D eigenvalue weighted by molar-refractivity contribution is 5.96. The average molecular weight is 329 g/mol. The van der Waals surface area contributed by atoms with Crippen LogP contribution in [0.25, 0.3) is 0 Å². The van der Waals surface area contributed by atoms with Crippen LogP contribution in [-0.4, -0.2) is 30.9 Å². The largest absolute Gasteiger partial charge is 0.345 e. The van der Waals surface area contributed by atoms with Crippen LogP contribution in [0, 0.1) is 5.82 Å². The van der Waals surface area contributed by atoms with Crippen molar-refractivity contribution in [1.29, 1.82) is 0 Å². The Morgan fingerprint density at radius 2 is 1.75 bits per heavy atom. The molecule has 0 spiro atoms. The molecule has 0 aliphatic heterocycles. The van der Waals surface area contributed by atoms with Gasteiger partial charge in [-0.2, -0.15) is 0 Å². The molecule has 0 heterocycles. The fraction of sp³-hybridized carbons (Fsp3) is 0.222. The maximum Gasteiger partial charge on any atom is 0.319 e. The molecule has 1 atom stereocenters. The highest BCUT2D eigenvalue weighted by Gasteiger charge is 2.12. The molecule has 0 saturated carbocycles. The van der Waals surface area contributed by atoms with Crippen LogP contribution in [0.1, 0.15) is 28.9 Å². The van der Waals surface area contributed by atoms with Gasteiger partial charge >= 0.3 is 6.03 Å². The Labute approximate surface area is 140 Å². The van der Waals surface area contributed by atoms with Crippen LogP contribution < -0.4 is 10.6 Å². The highest BCUT2D eigenvalue weighted by atomic mass is 19.1. The van der Waals surface area contributed by atoms with Crippen molar-refractivity contribution in [3.05, 3.63) is 65.5 Å². The van der Waals surface area contributed by atoms with Crippen molar-refractivity contribution in [2.24, 2.45) is 0 Å². The molecule has 6 heteroatoms. The minimum Gasteiger partial charge on any atom is -0.345 e. The Kier molecular flexibility index (Phi) is 5.52. The van der Waals surface area contributed by atoms with Gasteiger partial charge in [0.05, 0.1) is 6.04 Å². The third-order valence-electron chi connectivity index (χ3n) is 3.49. The molecule has 0 saturated heterocycles. The molecule has 0 aromatic heterocycles. The maximum absolute atomic E-state index is 12.9. The monoisotopic (exact) mass is 329 g/mol. The molecule has 2 rings (SSSR count). The molecule has 2 aromatic carbocycles. The summed E-state index contributed by atoms with van der Waals surface area (Å²) in [6.07, 6.45) is 0. The Balaban J connectivity index is 2.00. The van der Waals surface area contributed by atoms with Crippen molar-refractivity contribution in [1.82, 2.24) is 10.2 Å². The van der Waals surface area contributed by atoms with Gasteiger partial charge in [0.25, 0.3) is 5.91 Å². The lowest BCUT2D eigenvalue weighted by Crippen LogP contribution is -2.31. The van der Waals surface area contributed by atoms with Crippen molar-refractivity contribution in [2.45, 2.75) is 13.0 Å². The number of urea groups is 1. The summed E-state index contributed by atoms with van der Waals surface area (Å²) in [5.41, 5.74) is 1.80. The summed E-state index contributed by atoms with van der Waals surface area (Å²) < 4.78 is 12.9. The average Bonchev–Trinajstić information content (AvgIpc) is 2.54. The van der Waals surface area contributed by atoms with Crippen LogP contribution in [-0.2, 0) is 0 Å². The van der Waals surface area contributed by atoms with Crippen LogP contribution >= 0.6 is 0 Å². The fourth-order valence-corrected chi connectivity index (χ4v) is 2.19. The number of hydrogen-bond acceptors (Lipinski definition) is 2. The zero-order chi connectivity index (χ0) is 17.7. The van der Waals surface area contributed by atoms with Crippen LogP contribution in [0.15, 0.2) is 48.5 Å². The molecule has 5 nitrogen and oxygen atoms in total. The molecule has 3 amide bonds.